The summed E-state index contributed by atoms with van der Waals surface area (Å²) in [6.45, 7) is 3.74. The highest BCUT2D eigenvalue weighted by atomic mass is 35.5. The summed E-state index contributed by atoms with van der Waals surface area (Å²) < 4.78 is 7.46. The van der Waals surface area contributed by atoms with Gasteiger partial charge in [0.2, 0.25) is 4.96 Å². The number of halogens is 2. The van der Waals surface area contributed by atoms with Gasteiger partial charge in [0.1, 0.15) is 10.8 Å². The third kappa shape index (κ3) is 4.81. The molecule has 0 saturated heterocycles. The van der Waals surface area contributed by atoms with Gasteiger partial charge in [0.25, 0.3) is 5.91 Å². The predicted molar refractivity (Wildman–Crippen MR) is 123 cm³/mol. The standard InChI is InChI=1S/C21H19Cl2N5O2S/c1-3-5-18-25-26-21-28(18)27-20(31-21)13-6-4-7-15(10-13)24-19(29)12(2)30-17-9-8-14(22)11-16(17)23/h4,6-12H,3,5H2,1-2H3,(H,24,29). The van der Waals surface area contributed by atoms with Crippen LogP contribution in [-0.2, 0) is 11.2 Å². The number of carbonyl (C=O) groups is 1. The van der Waals surface area contributed by atoms with E-state index < -0.39 is 6.10 Å². The normalized spacial score (nSPS) is 12.1. The summed E-state index contributed by atoms with van der Waals surface area (Å²) in [5.41, 5.74) is 1.52. The smallest absolute Gasteiger partial charge is 0.265 e. The summed E-state index contributed by atoms with van der Waals surface area (Å²) in [7, 11) is 0. The summed E-state index contributed by atoms with van der Waals surface area (Å²) >= 11 is 13.5. The van der Waals surface area contributed by atoms with Gasteiger partial charge in [-0.05, 0) is 43.7 Å². The van der Waals surface area contributed by atoms with Crippen LogP contribution in [0.15, 0.2) is 42.5 Å². The van der Waals surface area contributed by atoms with E-state index in [2.05, 4.69) is 27.5 Å². The Hall–Kier alpha value is -2.68. The van der Waals surface area contributed by atoms with E-state index in [1.807, 2.05) is 24.3 Å². The van der Waals surface area contributed by atoms with E-state index in [-0.39, 0.29) is 5.91 Å². The van der Waals surface area contributed by atoms with Crippen molar-refractivity contribution >= 4 is 51.1 Å². The Kier molecular flexibility index (Phi) is 6.41. The third-order valence-electron chi connectivity index (χ3n) is 4.47. The zero-order chi connectivity index (χ0) is 22.0. The van der Waals surface area contributed by atoms with Crippen LogP contribution in [0, 0.1) is 0 Å². The molecular weight excluding hydrogens is 457 g/mol. The van der Waals surface area contributed by atoms with E-state index in [0.29, 0.717) is 21.5 Å². The highest BCUT2D eigenvalue weighted by molar-refractivity contribution is 7.19. The Morgan fingerprint density at radius 3 is 2.84 bits per heavy atom. The van der Waals surface area contributed by atoms with Crippen molar-refractivity contribution in [2.24, 2.45) is 0 Å². The molecule has 0 aliphatic heterocycles. The molecule has 0 spiro atoms. The minimum Gasteiger partial charge on any atom is -0.479 e. The average molecular weight is 476 g/mol. The number of carbonyl (C=O) groups excluding carboxylic acids is 1. The van der Waals surface area contributed by atoms with Crippen molar-refractivity contribution in [3.63, 3.8) is 0 Å². The molecular formula is C21H19Cl2N5O2S. The predicted octanol–water partition coefficient (Wildman–Crippen LogP) is 5.52. The molecule has 1 amide bonds. The van der Waals surface area contributed by atoms with Gasteiger partial charge in [-0.15, -0.1) is 10.2 Å². The second-order valence-corrected chi connectivity index (χ2v) is 8.67. The molecule has 10 heteroatoms. The van der Waals surface area contributed by atoms with Crippen LogP contribution < -0.4 is 10.1 Å². The third-order valence-corrected chi connectivity index (χ3v) is 5.95. The molecule has 7 nitrogen and oxygen atoms in total. The summed E-state index contributed by atoms with van der Waals surface area (Å²) in [6.07, 6.45) is 1.03. The molecule has 1 unspecified atom stereocenters. The molecule has 1 N–H and O–H groups in total. The van der Waals surface area contributed by atoms with E-state index in [4.69, 9.17) is 27.9 Å². The Balaban J connectivity index is 1.48. The average Bonchev–Trinajstić information content (AvgIpc) is 3.32. The lowest BCUT2D eigenvalue weighted by atomic mass is 10.2. The quantitative estimate of drug-likeness (QED) is 0.380. The highest BCUT2D eigenvalue weighted by Crippen LogP contribution is 2.29. The monoisotopic (exact) mass is 475 g/mol. The number of ether oxygens (including phenoxy) is 1. The van der Waals surface area contributed by atoms with Crippen LogP contribution in [0.5, 0.6) is 5.75 Å². The lowest BCUT2D eigenvalue weighted by Gasteiger charge is -2.16. The summed E-state index contributed by atoms with van der Waals surface area (Å²) in [4.78, 5) is 13.4. The molecule has 160 valence electrons. The molecule has 4 aromatic rings. The zero-order valence-electron chi connectivity index (χ0n) is 16.8. The van der Waals surface area contributed by atoms with Crippen LogP contribution in [0.2, 0.25) is 10.0 Å². The first kappa shape index (κ1) is 21.5. The van der Waals surface area contributed by atoms with Crippen LogP contribution in [0.3, 0.4) is 0 Å². The summed E-state index contributed by atoms with van der Waals surface area (Å²) in [6, 6.07) is 12.3. The second kappa shape index (κ2) is 9.21. The van der Waals surface area contributed by atoms with E-state index >= 15 is 0 Å². The first-order valence-corrected chi connectivity index (χ1v) is 11.3. The lowest BCUT2D eigenvalue weighted by Crippen LogP contribution is -2.30. The molecule has 2 aromatic carbocycles. The maximum atomic E-state index is 12.6. The van der Waals surface area contributed by atoms with Gasteiger partial charge >= 0.3 is 0 Å². The first-order valence-electron chi connectivity index (χ1n) is 9.68. The number of hydrogen-bond donors (Lipinski definition) is 1. The number of rotatable bonds is 7. The zero-order valence-corrected chi connectivity index (χ0v) is 19.1. The van der Waals surface area contributed by atoms with Crippen molar-refractivity contribution in [3.05, 3.63) is 58.3 Å². The Bertz CT molecular complexity index is 1240. The van der Waals surface area contributed by atoms with Crippen LogP contribution in [0.25, 0.3) is 15.5 Å². The van der Waals surface area contributed by atoms with Crippen LogP contribution in [0.4, 0.5) is 5.69 Å². The molecule has 31 heavy (non-hydrogen) atoms. The molecule has 1 atom stereocenters. The minimum absolute atomic E-state index is 0.299. The van der Waals surface area contributed by atoms with Crippen molar-refractivity contribution in [1.29, 1.82) is 0 Å². The molecule has 0 aliphatic rings. The van der Waals surface area contributed by atoms with Gasteiger partial charge in [0.05, 0.1) is 5.02 Å². The molecule has 0 fully saturated rings. The number of anilines is 1. The van der Waals surface area contributed by atoms with E-state index in [9.17, 15) is 4.79 Å². The maximum Gasteiger partial charge on any atom is 0.265 e. The van der Waals surface area contributed by atoms with Crippen molar-refractivity contribution < 1.29 is 9.53 Å². The van der Waals surface area contributed by atoms with Gasteiger partial charge < -0.3 is 10.1 Å². The number of aromatic nitrogens is 4. The minimum atomic E-state index is -0.756. The SMILES string of the molecule is CCCc1nnc2sc(-c3cccc(NC(=O)C(C)Oc4ccc(Cl)cc4Cl)c3)nn12. The molecule has 0 aliphatic carbocycles. The van der Waals surface area contributed by atoms with Crippen LogP contribution >= 0.6 is 34.5 Å². The Labute approximate surface area is 193 Å². The fourth-order valence-corrected chi connectivity index (χ4v) is 4.25. The first-order chi connectivity index (χ1) is 14.9. The summed E-state index contributed by atoms with van der Waals surface area (Å²) in [5.74, 6) is 0.938. The topological polar surface area (TPSA) is 81.4 Å². The van der Waals surface area contributed by atoms with Crippen molar-refractivity contribution in [2.45, 2.75) is 32.8 Å². The van der Waals surface area contributed by atoms with Gasteiger partial charge in [-0.2, -0.15) is 9.61 Å². The van der Waals surface area contributed by atoms with E-state index in [1.165, 1.54) is 11.3 Å². The number of benzene rings is 2. The van der Waals surface area contributed by atoms with Gasteiger partial charge in [0.15, 0.2) is 11.9 Å². The maximum absolute atomic E-state index is 12.6. The number of nitrogens with one attached hydrogen (secondary N) is 1. The number of nitrogens with zero attached hydrogens (tertiary/aromatic N) is 4. The molecule has 2 aromatic heterocycles. The number of fused-ring (bicyclic) bond motifs is 1. The molecule has 4 rings (SSSR count). The summed E-state index contributed by atoms with van der Waals surface area (Å²) in [5, 5.41) is 17.5. The molecule has 0 bridgehead atoms. The Morgan fingerprint density at radius 2 is 2.06 bits per heavy atom. The fourth-order valence-electron chi connectivity index (χ4n) is 2.94. The van der Waals surface area contributed by atoms with Crippen molar-refractivity contribution in [1.82, 2.24) is 19.8 Å². The molecule has 0 radical (unpaired) electrons. The van der Waals surface area contributed by atoms with Crippen molar-refractivity contribution in [2.75, 3.05) is 5.32 Å². The van der Waals surface area contributed by atoms with Crippen LogP contribution in [-0.4, -0.2) is 31.8 Å². The van der Waals surface area contributed by atoms with Gasteiger partial charge in [-0.25, -0.2) is 0 Å². The Morgan fingerprint density at radius 1 is 1.23 bits per heavy atom. The fraction of sp³-hybridized carbons (Fsp3) is 0.238. The van der Waals surface area contributed by atoms with Crippen molar-refractivity contribution in [3.8, 4) is 16.3 Å². The second-order valence-electron chi connectivity index (χ2n) is 6.87. The number of aryl methyl sites for hydroxylation is 1. The number of hydrogen-bond acceptors (Lipinski definition) is 6. The van der Waals surface area contributed by atoms with E-state index in [0.717, 1.165) is 34.2 Å². The number of amides is 1. The lowest BCUT2D eigenvalue weighted by molar-refractivity contribution is -0.122. The highest BCUT2D eigenvalue weighted by Gasteiger charge is 2.18. The van der Waals surface area contributed by atoms with Crippen LogP contribution in [0.1, 0.15) is 26.1 Å². The largest absolute Gasteiger partial charge is 0.479 e. The van der Waals surface area contributed by atoms with Gasteiger partial charge in [0, 0.05) is 22.7 Å². The van der Waals surface area contributed by atoms with E-state index in [1.54, 1.807) is 29.6 Å². The molecule has 0 saturated carbocycles. The van der Waals surface area contributed by atoms with Gasteiger partial charge in [-0.3, -0.25) is 4.79 Å². The molecule has 2 heterocycles. The van der Waals surface area contributed by atoms with Gasteiger partial charge in [-0.1, -0.05) is 53.6 Å².